The molecule has 0 amide bonds. The molecular weight excluding hydrogens is 232 g/mol. The molecule has 56 valence electrons. The molecule has 0 spiro atoms. The first-order valence-corrected chi connectivity index (χ1v) is 4.01. The van der Waals surface area contributed by atoms with Gasteiger partial charge in [0.05, 0.1) is 0 Å². The summed E-state index contributed by atoms with van der Waals surface area (Å²) in [6, 6.07) is 11.1. The van der Waals surface area contributed by atoms with Crippen molar-refractivity contribution in [2.45, 2.75) is 11.8 Å². The topological polar surface area (TPSA) is 0 Å². The van der Waals surface area contributed by atoms with Crippen molar-refractivity contribution in [3.63, 3.8) is 0 Å². The van der Waals surface area contributed by atoms with E-state index in [-0.39, 0.29) is 40.0 Å². The monoisotopic (exact) mass is 240 g/mol. The number of benzene rings is 1. The zero-order chi connectivity index (χ0) is 6.53. The number of halogens is 1. The van der Waals surface area contributed by atoms with Crippen LogP contribution < -0.4 is 17.0 Å². The van der Waals surface area contributed by atoms with Crippen LogP contribution in [0.4, 0.5) is 0 Å². The molecule has 0 aromatic heterocycles. The van der Waals surface area contributed by atoms with E-state index in [0.29, 0.717) is 0 Å². The van der Waals surface area contributed by atoms with Gasteiger partial charge < -0.3 is 17.0 Å². The molecule has 0 aliphatic carbocycles. The summed E-state index contributed by atoms with van der Waals surface area (Å²) in [6.45, 7) is 2.15. The zero-order valence-corrected chi connectivity index (χ0v) is 10.3. The Kier molecular flexibility index (Phi) is 11.6. The van der Waals surface area contributed by atoms with Gasteiger partial charge in [0.2, 0.25) is 0 Å². The molecule has 1 rings (SSSR count). The molecule has 3 heteroatoms. The molecule has 0 fully saturated rings. The van der Waals surface area contributed by atoms with Crippen molar-refractivity contribution < 1.29 is 17.0 Å². The molecular formula is C8H9BrMgS. The first-order chi connectivity index (χ1) is 4.43. The summed E-state index contributed by atoms with van der Waals surface area (Å²) in [5, 5.41) is 0. The normalized spacial score (nSPS) is 7.73. The van der Waals surface area contributed by atoms with Crippen LogP contribution in [0.25, 0.3) is 0 Å². The fourth-order valence-corrected chi connectivity index (χ4v) is 1.29. The minimum Gasteiger partial charge on any atom is -1.00 e. The largest absolute Gasteiger partial charge is 2.00 e. The van der Waals surface area contributed by atoms with Gasteiger partial charge in [-0.3, -0.25) is 0 Å². The van der Waals surface area contributed by atoms with Crippen molar-refractivity contribution in [3.05, 3.63) is 30.3 Å². The number of thioether (sulfide) groups is 1. The van der Waals surface area contributed by atoms with E-state index in [4.69, 9.17) is 0 Å². The maximum Gasteiger partial charge on any atom is 2.00 e. The molecule has 11 heavy (non-hydrogen) atoms. The molecule has 1 aromatic carbocycles. The van der Waals surface area contributed by atoms with Crippen LogP contribution in [0.5, 0.6) is 0 Å². The Bertz CT molecular complexity index is 167. The third-order valence-corrected chi connectivity index (χ3v) is 1.87. The molecule has 0 heterocycles. The van der Waals surface area contributed by atoms with E-state index in [1.54, 1.807) is 0 Å². The van der Waals surface area contributed by atoms with Gasteiger partial charge in [0.15, 0.2) is 0 Å². The van der Waals surface area contributed by atoms with Gasteiger partial charge in [-0.25, -0.2) is 0 Å². The second-order valence-electron chi connectivity index (χ2n) is 1.67. The van der Waals surface area contributed by atoms with Crippen molar-refractivity contribution in [1.29, 1.82) is 0 Å². The minimum atomic E-state index is 0. The van der Waals surface area contributed by atoms with E-state index in [9.17, 15) is 0 Å². The second kappa shape index (κ2) is 8.91. The van der Waals surface area contributed by atoms with Crippen LogP contribution in [0.15, 0.2) is 29.2 Å². The summed E-state index contributed by atoms with van der Waals surface area (Å²) in [5.41, 5.74) is 0. The Morgan fingerprint density at radius 2 is 2.27 bits per heavy atom. The molecule has 0 saturated carbocycles. The van der Waals surface area contributed by atoms with Crippen LogP contribution in [-0.4, -0.2) is 28.8 Å². The van der Waals surface area contributed by atoms with Crippen molar-refractivity contribution >= 4 is 34.8 Å². The standard InChI is InChI=1S/C8H9S.BrH.Mg/c1-2-9-8-6-4-3-5-7-8;;/h3-4,6-7H,2H2,1H3;1H;/q-1;;+2/p-1. The van der Waals surface area contributed by atoms with Crippen LogP contribution in [0.2, 0.25) is 0 Å². The number of hydrogen-bond acceptors (Lipinski definition) is 1. The Balaban J connectivity index is 0. The predicted molar refractivity (Wildman–Crippen MR) is 47.4 cm³/mol. The molecule has 0 unspecified atom stereocenters. The van der Waals surface area contributed by atoms with Gasteiger partial charge >= 0.3 is 23.1 Å². The van der Waals surface area contributed by atoms with E-state index in [0.717, 1.165) is 5.75 Å². The van der Waals surface area contributed by atoms with Gasteiger partial charge in [-0.2, -0.15) is 42.1 Å². The summed E-state index contributed by atoms with van der Waals surface area (Å²) >= 11 is 1.84. The minimum absolute atomic E-state index is 0. The molecule has 0 aliphatic heterocycles. The van der Waals surface area contributed by atoms with Gasteiger partial charge in [-0.1, -0.05) is 6.92 Å². The Labute approximate surface area is 99.1 Å². The molecule has 0 nitrogen and oxygen atoms in total. The summed E-state index contributed by atoms with van der Waals surface area (Å²) in [6.07, 6.45) is 0. The van der Waals surface area contributed by atoms with Crippen molar-refractivity contribution in [2.24, 2.45) is 0 Å². The van der Waals surface area contributed by atoms with Crippen LogP contribution >= 0.6 is 11.8 Å². The van der Waals surface area contributed by atoms with Gasteiger partial charge in [-0.05, 0) is 5.75 Å². The average Bonchev–Trinajstić information content (AvgIpc) is 1.91. The van der Waals surface area contributed by atoms with Crippen molar-refractivity contribution in [2.75, 3.05) is 5.75 Å². The van der Waals surface area contributed by atoms with E-state index < -0.39 is 0 Å². The van der Waals surface area contributed by atoms with Gasteiger partial charge in [0.1, 0.15) is 0 Å². The SMILES string of the molecule is CCSc1c[c-]ccc1.[Br-].[Mg+2]. The first kappa shape index (κ1) is 14.3. The Morgan fingerprint density at radius 1 is 1.55 bits per heavy atom. The fraction of sp³-hybridized carbons (Fsp3) is 0.250. The quantitative estimate of drug-likeness (QED) is 0.372. The average molecular weight is 241 g/mol. The van der Waals surface area contributed by atoms with Crippen LogP contribution in [0, 0.1) is 6.07 Å². The zero-order valence-electron chi connectivity index (χ0n) is 6.51. The smallest absolute Gasteiger partial charge is 1.00 e. The van der Waals surface area contributed by atoms with Crippen LogP contribution in [0.1, 0.15) is 6.92 Å². The molecule has 0 bridgehead atoms. The number of hydrogen-bond donors (Lipinski definition) is 0. The molecule has 1 aromatic rings. The molecule has 0 N–H and O–H groups in total. The third-order valence-electron chi connectivity index (χ3n) is 0.990. The number of rotatable bonds is 2. The summed E-state index contributed by atoms with van der Waals surface area (Å²) in [4.78, 5) is 1.31. The molecule has 0 atom stereocenters. The summed E-state index contributed by atoms with van der Waals surface area (Å²) in [5.74, 6) is 1.14. The van der Waals surface area contributed by atoms with Gasteiger partial charge in [0.25, 0.3) is 0 Å². The van der Waals surface area contributed by atoms with Crippen LogP contribution in [0.3, 0.4) is 0 Å². The van der Waals surface area contributed by atoms with Crippen LogP contribution in [-0.2, 0) is 0 Å². The first-order valence-electron chi connectivity index (χ1n) is 3.02. The maximum absolute atomic E-state index is 3.02. The maximum atomic E-state index is 3.02. The van der Waals surface area contributed by atoms with E-state index >= 15 is 0 Å². The Hall–Kier alpha value is 0.816. The van der Waals surface area contributed by atoms with Gasteiger partial charge in [0, 0.05) is 0 Å². The summed E-state index contributed by atoms with van der Waals surface area (Å²) < 4.78 is 0. The molecule has 0 radical (unpaired) electrons. The van der Waals surface area contributed by atoms with E-state index in [2.05, 4.69) is 19.1 Å². The molecule has 0 saturated heterocycles. The second-order valence-corrected chi connectivity index (χ2v) is 3.01. The Morgan fingerprint density at radius 3 is 2.73 bits per heavy atom. The summed E-state index contributed by atoms with van der Waals surface area (Å²) in [7, 11) is 0. The predicted octanol–water partition coefficient (Wildman–Crippen LogP) is -0.778. The van der Waals surface area contributed by atoms with Gasteiger partial charge in [-0.15, -0.1) is 4.90 Å². The van der Waals surface area contributed by atoms with E-state index in [1.807, 2.05) is 30.0 Å². The van der Waals surface area contributed by atoms with Crippen molar-refractivity contribution in [1.82, 2.24) is 0 Å². The van der Waals surface area contributed by atoms with E-state index in [1.165, 1.54) is 4.90 Å². The fourth-order valence-electron chi connectivity index (χ4n) is 0.633. The van der Waals surface area contributed by atoms with Crippen molar-refractivity contribution in [3.8, 4) is 0 Å². The third kappa shape index (κ3) is 6.02. The molecule has 0 aliphatic rings.